The number of carbonyl (C=O) groups excluding carboxylic acids is 1. The van der Waals surface area contributed by atoms with Crippen LogP contribution in [0.25, 0.3) is 0 Å². The lowest BCUT2D eigenvalue weighted by Crippen LogP contribution is -2.02. The molecule has 0 saturated heterocycles. The van der Waals surface area contributed by atoms with Gasteiger partial charge in [-0.05, 0) is 28.8 Å². The number of aromatic nitrogens is 2. The van der Waals surface area contributed by atoms with Crippen LogP contribution in [0.4, 0.5) is 0 Å². The maximum Gasteiger partial charge on any atom is 0.171 e. The summed E-state index contributed by atoms with van der Waals surface area (Å²) in [5.41, 5.74) is 1.71. The smallest absolute Gasteiger partial charge is 0.171 e. The van der Waals surface area contributed by atoms with E-state index in [0.29, 0.717) is 11.6 Å². The minimum absolute atomic E-state index is 0.523. The highest BCUT2D eigenvalue weighted by molar-refractivity contribution is 9.10. The molecule has 0 amide bonds. The van der Waals surface area contributed by atoms with E-state index in [1.807, 2.05) is 11.7 Å². The Hall–Kier alpha value is -0.640. The lowest BCUT2D eigenvalue weighted by atomic mass is 10.0. The normalized spacial score (nSPS) is 17.6. The van der Waals surface area contributed by atoms with Gasteiger partial charge < -0.3 is 0 Å². The molecule has 4 heteroatoms. The van der Waals surface area contributed by atoms with E-state index in [9.17, 15) is 4.79 Å². The number of aryl methyl sites for hydroxylation is 1. The van der Waals surface area contributed by atoms with Crippen molar-refractivity contribution < 1.29 is 4.79 Å². The van der Waals surface area contributed by atoms with Gasteiger partial charge in [0, 0.05) is 13.0 Å². The fourth-order valence-electron chi connectivity index (χ4n) is 2.25. The van der Waals surface area contributed by atoms with Crippen molar-refractivity contribution in [3.8, 4) is 0 Å². The second-order valence-corrected chi connectivity index (χ2v) is 4.60. The Morgan fingerprint density at radius 2 is 2.14 bits per heavy atom. The van der Waals surface area contributed by atoms with Gasteiger partial charge in [-0.3, -0.25) is 9.48 Å². The molecule has 1 heterocycles. The first-order valence-corrected chi connectivity index (χ1v) is 5.71. The Balaban J connectivity index is 2.40. The van der Waals surface area contributed by atoms with Crippen molar-refractivity contribution in [2.24, 2.45) is 7.05 Å². The van der Waals surface area contributed by atoms with Crippen LogP contribution in [0.3, 0.4) is 0 Å². The lowest BCUT2D eigenvalue weighted by Gasteiger charge is -2.09. The Morgan fingerprint density at radius 3 is 2.64 bits per heavy atom. The highest BCUT2D eigenvalue weighted by atomic mass is 79.9. The molecule has 0 unspecified atom stereocenters. The number of rotatable bonds is 2. The predicted octanol–water partition coefficient (Wildman–Crippen LogP) is 2.65. The van der Waals surface area contributed by atoms with Gasteiger partial charge in [-0.2, -0.15) is 5.10 Å². The van der Waals surface area contributed by atoms with E-state index in [1.165, 1.54) is 31.4 Å². The molecular formula is C10H13BrN2O. The van der Waals surface area contributed by atoms with Crippen LogP contribution in [0, 0.1) is 0 Å². The molecule has 0 N–H and O–H groups in total. The maximum atomic E-state index is 10.7. The monoisotopic (exact) mass is 256 g/mol. The molecule has 76 valence electrons. The minimum Gasteiger partial charge on any atom is -0.296 e. The van der Waals surface area contributed by atoms with Crippen LogP contribution in [-0.4, -0.2) is 16.1 Å². The molecule has 1 aliphatic rings. The fraction of sp³-hybridized carbons (Fsp3) is 0.600. The largest absolute Gasteiger partial charge is 0.296 e. The summed E-state index contributed by atoms with van der Waals surface area (Å²) in [6, 6.07) is 0. The molecule has 0 bridgehead atoms. The second-order valence-electron chi connectivity index (χ2n) is 3.81. The van der Waals surface area contributed by atoms with E-state index in [0.717, 1.165) is 10.8 Å². The van der Waals surface area contributed by atoms with Gasteiger partial charge >= 0.3 is 0 Å². The van der Waals surface area contributed by atoms with Crippen molar-refractivity contribution in [1.82, 2.24) is 9.78 Å². The second kappa shape index (κ2) is 3.85. The van der Waals surface area contributed by atoms with Gasteiger partial charge in [-0.15, -0.1) is 0 Å². The molecule has 1 aromatic heterocycles. The molecule has 0 atom stereocenters. The zero-order valence-corrected chi connectivity index (χ0v) is 9.75. The number of halogens is 1. The number of aldehydes is 1. The summed E-state index contributed by atoms with van der Waals surface area (Å²) in [6.45, 7) is 0. The van der Waals surface area contributed by atoms with E-state index >= 15 is 0 Å². The van der Waals surface area contributed by atoms with Crippen LogP contribution in [0.1, 0.15) is 47.8 Å². The summed E-state index contributed by atoms with van der Waals surface area (Å²) in [6.07, 6.45) is 5.83. The van der Waals surface area contributed by atoms with Gasteiger partial charge in [0.25, 0.3) is 0 Å². The third kappa shape index (κ3) is 1.52. The van der Waals surface area contributed by atoms with E-state index in [-0.39, 0.29) is 0 Å². The maximum absolute atomic E-state index is 10.7. The molecule has 1 aliphatic carbocycles. The highest BCUT2D eigenvalue weighted by Crippen LogP contribution is 2.38. The average molecular weight is 257 g/mol. The lowest BCUT2D eigenvalue weighted by molar-refractivity contribution is 0.111. The van der Waals surface area contributed by atoms with Gasteiger partial charge in [0.1, 0.15) is 5.69 Å². The third-order valence-electron chi connectivity index (χ3n) is 2.91. The zero-order chi connectivity index (χ0) is 10.1. The van der Waals surface area contributed by atoms with Crippen LogP contribution in [0.2, 0.25) is 0 Å². The molecular weight excluding hydrogens is 244 g/mol. The molecule has 0 radical (unpaired) electrons. The summed E-state index contributed by atoms with van der Waals surface area (Å²) in [5.74, 6) is 0.579. The Labute approximate surface area is 91.6 Å². The van der Waals surface area contributed by atoms with Crippen molar-refractivity contribution in [3.05, 3.63) is 15.9 Å². The third-order valence-corrected chi connectivity index (χ3v) is 3.72. The minimum atomic E-state index is 0.523. The first-order chi connectivity index (χ1) is 6.74. The van der Waals surface area contributed by atoms with Crippen molar-refractivity contribution in [2.75, 3.05) is 0 Å². The summed E-state index contributed by atoms with van der Waals surface area (Å²) >= 11 is 3.46. The van der Waals surface area contributed by atoms with Crippen LogP contribution in [0.5, 0.6) is 0 Å². The molecule has 3 nitrogen and oxygen atoms in total. The predicted molar refractivity (Wildman–Crippen MR) is 57.5 cm³/mol. The number of nitrogens with zero attached hydrogens (tertiary/aromatic N) is 2. The SMILES string of the molecule is Cn1nc(C=O)c(Br)c1C1CCCC1. The average Bonchev–Trinajstić information content (AvgIpc) is 2.74. The number of hydrogen-bond donors (Lipinski definition) is 0. The highest BCUT2D eigenvalue weighted by Gasteiger charge is 2.24. The van der Waals surface area contributed by atoms with Crippen LogP contribution in [-0.2, 0) is 7.05 Å². The molecule has 14 heavy (non-hydrogen) atoms. The molecule has 1 aromatic rings. The van der Waals surface area contributed by atoms with Crippen molar-refractivity contribution in [2.45, 2.75) is 31.6 Å². The zero-order valence-electron chi connectivity index (χ0n) is 8.16. The Kier molecular flexibility index (Phi) is 2.72. The topological polar surface area (TPSA) is 34.9 Å². The van der Waals surface area contributed by atoms with E-state index in [2.05, 4.69) is 21.0 Å². The van der Waals surface area contributed by atoms with Gasteiger partial charge in [-0.25, -0.2) is 0 Å². The summed E-state index contributed by atoms with van der Waals surface area (Å²) in [4.78, 5) is 10.7. The summed E-state index contributed by atoms with van der Waals surface area (Å²) in [7, 11) is 1.91. The molecule has 2 rings (SSSR count). The molecule has 0 aliphatic heterocycles. The van der Waals surface area contributed by atoms with Crippen molar-refractivity contribution >= 4 is 22.2 Å². The van der Waals surface area contributed by atoms with Gasteiger partial charge in [0.2, 0.25) is 0 Å². The standard InChI is InChI=1S/C10H13BrN2O/c1-13-10(7-4-2-3-5-7)9(11)8(6-14)12-13/h6-7H,2-5H2,1H3. The van der Waals surface area contributed by atoms with Crippen LogP contribution >= 0.6 is 15.9 Å². The Morgan fingerprint density at radius 1 is 1.50 bits per heavy atom. The van der Waals surface area contributed by atoms with Gasteiger partial charge in [0.05, 0.1) is 10.2 Å². The molecule has 1 fully saturated rings. The quantitative estimate of drug-likeness (QED) is 0.763. The molecule has 0 aromatic carbocycles. The van der Waals surface area contributed by atoms with E-state index in [4.69, 9.17) is 0 Å². The molecule has 1 saturated carbocycles. The first-order valence-electron chi connectivity index (χ1n) is 4.91. The van der Waals surface area contributed by atoms with E-state index in [1.54, 1.807) is 0 Å². The Bertz CT molecular complexity index is 353. The van der Waals surface area contributed by atoms with Crippen LogP contribution < -0.4 is 0 Å². The summed E-state index contributed by atoms with van der Waals surface area (Å²) < 4.78 is 2.73. The van der Waals surface area contributed by atoms with Crippen molar-refractivity contribution in [1.29, 1.82) is 0 Å². The van der Waals surface area contributed by atoms with Crippen molar-refractivity contribution in [3.63, 3.8) is 0 Å². The summed E-state index contributed by atoms with van der Waals surface area (Å²) in [5, 5.41) is 4.17. The molecule has 0 spiro atoms. The first kappa shape index (κ1) is 9.90. The number of carbonyl (C=O) groups is 1. The van der Waals surface area contributed by atoms with Crippen LogP contribution in [0.15, 0.2) is 4.47 Å². The fourth-order valence-corrected chi connectivity index (χ4v) is 3.00. The van der Waals surface area contributed by atoms with Gasteiger partial charge in [0.15, 0.2) is 6.29 Å². The van der Waals surface area contributed by atoms with Gasteiger partial charge in [-0.1, -0.05) is 12.8 Å². The number of hydrogen-bond acceptors (Lipinski definition) is 2. The van der Waals surface area contributed by atoms with E-state index < -0.39 is 0 Å².